The van der Waals surface area contributed by atoms with E-state index in [0.717, 1.165) is 0 Å². The van der Waals surface area contributed by atoms with Gasteiger partial charge < -0.3 is 4.74 Å². The lowest BCUT2D eigenvalue weighted by molar-refractivity contribution is -0.143. The van der Waals surface area contributed by atoms with Crippen LogP contribution in [0.3, 0.4) is 0 Å². The average molecular weight is 310 g/mol. The van der Waals surface area contributed by atoms with E-state index in [0.29, 0.717) is 12.1 Å². The van der Waals surface area contributed by atoms with Gasteiger partial charge in [0.2, 0.25) is 5.88 Å². The maximum Gasteiger partial charge on any atom is 0.416 e. The first kappa shape index (κ1) is 15.2. The predicted octanol–water partition coefficient (Wildman–Crippen LogP) is 4.25. The Balaban J connectivity index is 2.45. The van der Waals surface area contributed by atoms with E-state index in [1.54, 1.807) is 0 Å². The number of hydrogen-bond acceptors (Lipinski definition) is 2. The van der Waals surface area contributed by atoms with Crippen LogP contribution in [-0.2, 0) is 19.4 Å². The van der Waals surface area contributed by atoms with Crippen LogP contribution in [0.5, 0.6) is 11.6 Å². The SMILES string of the molecule is Cn1ccc(Oc2cc(C(F)(F)F)cc(C(F)(F)F)c2)n1. The number of nitrogens with zero attached hydrogens (tertiary/aromatic N) is 2. The van der Waals surface area contributed by atoms with Gasteiger partial charge in [0.25, 0.3) is 0 Å². The first-order valence-electron chi connectivity index (χ1n) is 5.53. The highest BCUT2D eigenvalue weighted by atomic mass is 19.4. The van der Waals surface area contributed by atoms with Crippen LogP contribution in [0.15, 0.2) is 30.5 Å². The highest BCUT2D eigenvalue weighted by Gasteiger charge is 2.37. The van der Waals surface area contributed by atoms with E-state index in [9.17, 15) is 26.3 Å². The summed E-state index contributed by atoms with van der Waals surface area (Å²) in [5.74, 6) is -0.694. The van der Waals surface area contributed by atoms with Gasteiger partial charge in [-0.3, -0.25) is 4.68 Å². The predicted molar refractivity (Wildman–Crippen MR) is 59.7 cm³/mol. The Morgan fingerprint density at radius 2 is 1.48 bits per heavy atom. The van der Waals surface area contributed by atoms with E-state index in [2.05, 4.69) is 5.10 Å². The van der Waals surface area contributed by atoms with Crippen LogP contribution in [0.1, 0.15) is 11.1 Å². The molecule has 1 aromatic carbocycles. The number of ether oxygens (including phenoxy) is 1. The first-order chi connectivity index (χ1) is 9.55. The monoisotopic (exact) mass is 310 g/mol. The number of aryl methyl sites for hydroxylation is 1. The lowest BCUT2D eigenvalue weighted by Gasteiger charge is -2.13. The van der Waals surface area contributed by atoms with Gasteiger partial charge in [0, 0.05) is 19.3 Å². The van der Waals surface area contributed by atoms with Gasteiger partial charge in [-0.1, -0.05) is 0 Å². The highest BCUT2D eigenvalue weighted by Crippen LogP contribution is 2.38. The van der Waals surface area contributed by atoms with Crippen molar-refractivity contribution in [3.05, 3.63) is 41.6 Å². The van der Waals surface area contributed by atoms with Crippen LogP contribution in [0.2, 0.25) is 0 Å². The Hall–Kier alpha value is -2.19. The number of alkyl halides is 6. The van der Waals surface area contributed by atoms with Gasteiger partial charge in [-0.15, -0.1) is 5.10 Å². The number of benzene rings is 1. The molecule has 3 nitrogen and oxygen atoms in total. The van der Waals surface area contributed by atoms with Crippen LogP contribution in [0.4, 0.5) is 26.3 Å². The summed E-state index contributed by atoms with van der Waals surface area (Å²) in [6, 6.07) is 2.33. The topological polar surface area (TPSA) is 27.1 Å². The van der Waals surface area contributed by atoms with Gasteiger partial charge in [-0.05, 0) is 18.2 Å². The maximum absolute atomic E-state index is 12.6. The molecular formula is C12H8F6N2O. The van der Waals surface area contributed by atoms with Gasteiger partial charge in [0.1, 0.15) is 5.75 Å². The van der Waals surface area contributed by atoms with Gasteiger partial charge in [0.05, 0.1) is 11.1 Å². The third-order valence-electron chi connectivity index (χ3n) is 2.47. The molecule has 9 heteroatoms. The molecule has 0 bridgehead atoms. The summed E-state index contributed by atoms with van der Waals surface area (Å²) in [6.07, 6.45) is -8.39. The molecule has 1 aromatic heterocycles. The summed E-state index contributed by atoms with van der Waals surface area (Å²) < 4.78 is 82.1. The minimum atomic E-state index is -4.91. The molecule has 1 heterocycles. The smallest absolute Gasteiger partial charge is 0.416 e. The summed E-state index contributed by atoms with van der Waals surface area (Å²) in [6.45, 7) is 0. The van der Waals surface area contributed by atoms with Gasteiger partial charge in [-0.25, -0.2) is 0 Å². The number of rotatable bonds is 2. The fourth-order valence-electron chi connectivity index (χ4n) is 1.55. The molecule has 0 aliphatic heterocycles. The minimum absolute atomic E-state index is 0.0330. The molecule has 2 rings (SSSR count). The lowest BCUT2D eigenvalue weighted by Crippen LogP contribution is -2.11. The molecule has 0 saturated heterocycles. The summed E-state index contributed by atoms with van der Waals surface area (Å²) >= 11 is 0. The molecule has 0 aliphatic carbocycles. The van der Waals surface area contributed by atoms with Crippen LogP contribution < -0.4 is 4.74 Å². The third-order valence-corrected chi connectivity index (χ3v) is 2.47. The zero-order valence-electron chi connectivity index (χ0n) is 10.5. The van der Waals surface area contributed by atoms with Crippen molar-refractivity contribution in [3.63, 3.8) is 0 Å². The van der Waals surface area contributed by atoms with Crippen molar-refractivity contribution in [1.82, 2.24) is 9.78 Å². The molecule has 0 aliphatic rings. The molecule has 0 unspecified atom stereocenters. The molecule has 0 atom stereocenters. The van der Waals surface area contributed by atoms with E-state index in [-0.39, 0.29) is 11.9 Å². The van der Waals surface area contributed by atoms with E-state index in [4.69, 9.17) is 4.74 Å². The Labute approximate surface area is 114 Å². The average Bonchev–Trinajstić information content (AvgIpc) is 2.72. The Bertz CT molecular complexity index is 612. The molecule has 114 valence electrons. The molecule has 0 amide bonds. The fraction of sp³-hybridized carbons (Fsp3) is 0.250. The van der Waals surface area contributed by atoms with Crippen molar-refractivity contribution < 1.29 is 31.1 Å². The fourth-order valence-corrected chi connectivity index (χ4v) is 1.55. The second kappa shape index (κ2) is 4.97. The second-order valence-corrected chi connectivity index (χ2v) is 4.17. The minimum Gasteiger partial charge on any atom is -0.438 e. The molecule has 0 fully saturated rings. The summed E-state index contributed by atoms with van der Waals surface area (Å²) in [5.41, 5.74) is -2.88. The van der Waals surface area contributed by atoms with Crippen LogP contribution in [-0.4, -0.2) is 9.78 Å². The van der Waals surface area contributed by atoms with Gasteiger partial charge in [0.15, 0.2) is 0 Å². The van der Waals surface area contributed by atoms with Crippen molar-refractivity contribution in [2.75, 3.05) is 0 Å². The molecular weight excluding hydrogens is 302 g/mol. The Morgan fingerprint density at radius 3 is 1.86 bits per heavy atom. The molecule has 2 aromatic rings. The summed E-state index contributed by atoms with van der Waals surface area (Å²) in [5, 5.41) is 3.72. The zero-order chi connectivity index (χ0) is 15.8. The lowest BCUT2D eigenvalue weighted by atomic mass is 10.1. The van der Waals surface area contributed by atoms with Crippen molar-refractivity contribution in [1.29, 1.82) is 0 Å². The summed E-state index contributed by atoms with van der Waals surface area (Å²) in [4.78, 5) is 0. The van der Waals surface area contributed by atoms with Crippen molar-refractivity contribution in [2.24, 2.45) is 7.05 Å². The van der Waals surface area contributed by atoms with Gasteiger partial charge >= 0.3 is 12.4 Å². The normalized spacial score (nSPS) is 12.5. The summed E-state index contributed by atoms with van der Waals surface area (Å²) in [7, 11) is 1.53. The van der Waals surface area contributed by atoms with Crippen LogP contribution >= 0.6 is 0 Å². The van der Waals surface area contributed by atoms with Crippen LogP contribution in [0.25, 0.3) is 0 Å². The molecule has 0 spiro atoms. The van der Waals surface area contributed by atoms with Gasteiger partial charge in [-0.2, -0.15) is 26.3 Å². The van der Waals surface area contributed by atoms with E-state index < -0.39 is 29.2 Å². The first-order valence-corrected chi connectivity index (χ1v) is 5.53. The van der Waals surface area contributed by atoms with Crippen molar-refractivity contribution >= 4 is 0 Å². The molecule has 0 N–H and O–H groups in total. The molecule has 0 saturated carbocycles. The molecule has 0 radical (unpaired) electrons. The second-order valence-electron chi connectivity index (χ2n) is 4.17. The zero-order valence-corrected chi connectivity index (χ0v) is 10.5. The van der Waals surface area contributed by atoms with E-state index in [1.165, 1.54) is 24.0 Å². The largest absolute Gasteiger partial charge is 0.438 e. The number of halogens is 6. The van der Waals surface area contributed by atoms with Crippen LogP contribution in [0, 0.1) is 0 Å². The quantitative estimate of drug-likeness (QED) is 0.775. The van der Waals surface area contributed by atoms with E-state index >= 15 is 0 Å². The van der Waals surface area contributed by atoms with Crippen molar-refractivity contribution in [3.8, 4) is 11.6 Å². The number of aromatic nitrogens is 2. The highest BCUT2D eigenvalue weighted by molar-refractivity contribution is 5.39. The molecule has 21 heavy (non-hydrogen) atoms. The Kier molecular flexibility index (Phi) is 3.60. The maximum atomic E-state index is 12.6. The Morgan fingerprint density at radius 1 is 0.952 bits per heavy atom. The third kappa shape index (κ3) is 3.67. The standard InChI is InChI=1S/C12H8F6N2O/c1-20-3-2-10(19-20)21-9-5-7(11(13,14)15)4-8(6-9)12(16,17)18/h2-6H,1H3. The van der Waals surface area contributed by atoms with Crippen molar-refractivity contribution in [2.45, 2.75) is 12.4 Å². The number of hydrogen-bond donors (Lipinski definition) is 0. The van der Waals surface area contributed by atoms with E-state index in [1.807, 2.05) is 0 Å².